The molecule has 0 aromatic heterocycles. The van der Waals surface area contributed by atoms with E-state index in [1.165, 1.54) is 11.8 Å². The molecule has 0 saturated carbocycles. The normalized spacial score (nSPS) is 10.4. The van der Waals surface area contributed by atoms with Crippen molar-refractivity contribution in [3.8, 4) is 0 Å². The van der Waals surface area contributed by atoms with Crippen LogP contribution in [0, 0.1) is 0 Å². The molecule has 3 aromatic rings. The molecular weight excluding hydrogens is 427 g/mol. The van der Waals surface area contributed by atoms with Gasteiger partial charge in [-0.05, 0) is 42.0 Å². The predicted octanol–water partition coefficient (Wildman–Crippen LogP) is 5.91. The summed E-state index contributed by atoms with van der Waals surface area (Å²) >= 11 is 13.2. The van der Waals surface area contributed by atoms with Crippen molar-refractivity contribution in [2.24, 2.45) is 0 Å². The van der Waals surface area contributed by atoms with Crippen LogP contribution in [0.25, 0.3) is 0 Å². The van der Waals surface area contributed by atoms with E-state index in [1.807, 2.05) is 54.6 Å². The smallest absolute Gasteiger partial charge is 0.234 e. The second-order valence-electron chi connectivity index (χ2n) is 6.20. The van der Waals surface area contributed by atoms with Gasteiger partial charge in [-0.2, -0.15) is 0 Å². The zero-order chi connectivity index (χ0) is 20.6. The molecule has 0 fully saturated rings. The van der Waals surface area contributed by atoms with Crippen LogP contribution >= 0.6 is 35.0 Å². The highest BCUT2D eigenvalue weighted by molar-refractivity contribution is 8.00. The molecule has 7 heteroatoms. The maximum Gasteiger partial charge on any atom is 0.234 e. The molecule has 0 spiro atoms. The molecule has 0 aliphatic heterocycles. The maximum atomic E-state index is 12.2. The van der Waals surface area contributed by atoms with Crippen molar-refractivity contribution in [2.75, 3.05) is 16.4 Å². The van der Waals surface area contributed by atoms with Crippen LogP contribution < -0.4 is 10.6 Å². The van der Waals surface area contributed by atoms with Gasteiger partial charge in [-0.25, -0.2) is 0 Å². The monoisotopic (exact) mass is 444 g/mol. The Balaban J connectivity index is 1.52. The molecule has 2 amide bonds. The molecular formula is C22H18Cl2N2O2S. The lowest BCUT2D eigenvalue weighted by Crippen LogP contribution is -2.15. The number of benzene rings is 3. The summed E-state index contributed by atoms with van der Waals surface area (Å²) in [6.07, 6.45) is 0.310. The summed E-state index contributed by atoms with van der Waals surface area (Å²) < 4.78 is 0. The molecule has 29 heavy (non-hydrogen) atoms. The second-order valence-corrected chi connectivity index (χ2v) is 8.07. The van der Waals surface area contributed by atoms with Gasteiger partial charge in [-0.15, -0.1) is 11.8 Å². The lowest BCUT2D eigenvalue weighted by Gasteiger charge is -2.09. The van der Waals surface area contributed by atoms with E-state index in [0.29, 0.717) is 27.8 Å². The van der Waals surface area contributed by atoms with E-state index < -0.39 is 0 Å². The highest BCUT2D eigenvalue weighted by atomic mass is 35.5. The van der Waals surface area contributed by atoms with Crippen molar-refractivity contribution in [2.45, 2.75) is 11.3 Å². The number of anilines is 2. The van der Waals surface area contributed by atoms with Gasteiger partial charge in [0, 0.05) is 16.3 Å². The van der Waals surface area contributed by atoms with Crippen molar-refractivity contribution in [3.05, 3.63) is 88.4 Å². The first-order valence-electron chi connectivity index (χ1n) is 8.81. The Bertz CT molecular complexity index is 1010. The first kappa shape index (κ1) is 21.2. The van der Waals surface area contributed by atoms with Crippen molar-refractivity contribution < 1.29 is 9.59 Å². The van der Waals surface area contributed by atoms with Crippen LogP contribution in [0.1, 0.15) is 5.56 Å². The Morgan fingerprint density at radius 2 is 1.48 bits per heavy atom. The number of thioether (sulfide) groups is 1. The zero-order valence-electron chi connectivity index (χ0n) is 15.3. The largest absolute Gasteiger partial charge is 0.326 e. The summed E-state index contributed by atoms with van der Waals surface area (Å²) in [5.74, 6) is -0.0237. The average molecular weight is 445 g/mol. The summed E-state index contributed by atoms with van der Waals surface area (Å²) in [6.45, 7) is 0. The Morgan fingerprint density at radius 1 is 0.759 bits per heavy atom. The fraction of sp³-hybridized carbons (Fsp3) is 0.0909. The molecule has 3 aromatic carbocycles. The SMILES string of the molecule is O=C(CSc1cccc(NC(=O)Cc2ccccc2)c1)Nc1ccc(Cl)c(Cl)c1. The Hall–Kier alpha value is -2.47. The fourth-order valence-electron chi connectivity index (χ4n) is 2.57. The Labute approximate surface area is 183 Å². The number of carbonyl (C=O) groups is 2. The molecule has 3 rings (SSSR count). The Kier molecular flexibility index (Phi) is 7.58. The van der Waals surface area contributed by atoms with E-state index in [-0.39, 0.29) is 17.6 Å². The van der Waals surface area contributed by atoms with Crippen molar-refractivity contribution >= 4 is 58.2 Å². The van der Waals surface area contributed by atoms with Crippen molar-refractivity contribution in [1.82, 2.24) is 0 Å². The molecule has 0 aliphatic carbocycles. The van der Waals surface area contributed by atoms with E-state index in [9.17, 15) is 9.59 Å². The number of carbonyl (C=O) groups excluding carboxylic acids is 2. The van der Waals surface area contributed by atoms with Gasteiger partial charge in [0.1, 0.15) is 0 Å². The standard InChI is InChI=1S/C22H18Cl2N2O2S/c23-19-10-9-17(13-20(19)24)26-22(28)14-29-18-8-4-7-16(12-18)25-21(27)11-15-5-2-1-3-6-15/h1-10,12-13H,11,14H2,(H,25,27)(H,26,28). The van der Waals surface area contributed by atoms with Crippen LogP contribution in [0.2, 0.25) is 10.0 Å². The number of hydrogen-bond donors (Lipinski definition) is 2. The van der Waals surface area contributed by atoms with Crippen LogP contribution in [-0.2, 0) is 16.0 Å². The number of hydrogen-bond acceptors (Lipinski definition) is 3. The molecule has 0 radical (unpaired) electrons. The molecule has 0 saturated heterocycles. The van der Waals surface area contributed by atoms with Gasteiger partial charge in [0.25, 0.3) is 0 Å². The number of nitrogens with one attached hydrogen (secondary N) is 2. The third-order valence-electron chi connectivity index (χ3n) is 3.90. The lowest BCUT2D eigenvalue weighted by molar-refractivity contribution is -0.115. The highest BCUT2D eigenvalue weighted by Crippen LogP contribution is 2.26. The molecule has 0 heterocycles. The number of rotatable bonds is 7. The number of amides is 2. The van der Waals surface area contributed by atoms with Gasteiger partial charge in [-0.1, -0.05) is 59.6 Å². The summed E-state index contributed by atoms with van der Waals surface area (Å²) in [5.41, 5.74) is 2.24. The van der Waals surface area contributed by atoms with Crippen LogP contribution in [0.5, 0.6) is 0 Å². The molecule has 2 N–H and O–H groups in total. The van der Waals surface area contributed by atoms with Crippen LogP contribution in [0.3, 0.4) is 0 Å². The van der Waals surface area contributed by atoms with Gasteiger partial charge in [-0.3, -0.25) is 9.59 Å². The second kappa shape index (κ2) is 10.3. The Morgan fingerprint density at radius 3 is 2.24 bits per heavy atom. The molecule has 148 valence electrons. The highest BCUT2D eigenvalue weighted by Gasteiger charge is 2.08. The summed E-state index contributed by atoms with van der Waals surface area (Å²) in [5, 5.41) is 6.49. The molecule has 0 bridgehead atoms. The first-order chi connectivity index (χ1) is 14.0. The minimum absolute atomic E-state index is 0.0873. The number of halogens is 2. The van der Waals surface area contributed by atoms with Crippen LogP contribution in [-0.4, -0.2) is 17.6 Å². The van der Waals surface area contributed by atoms with Crippen molar-refractivity contribution in [3.63, 3.8) is 0 Å². The van der Waals surface area contributed by atoms with Crippen LogP contribution in [0.4, 0.5) is 11.4 Å². The lowest BCUT2D eigenvalue weighted by atomic mass is 10.1. The fourth-order valence-corrected chi connectivity index (χ4v) is 3.62. The van der Waals surface area contributed by atoms with E-state index >= 15 is 0 Å². The first-order valence-corrected chi connectivity index (χ1v) is 10.6. The van der Waals surface area contributed by atoms with Gasteiger partial charge >= 0.3 is 0 Å². The minimum atomic E-state index is -0.160. The summed E-state index contributed by atoms with van der Waals surface area (Å²) in [6, 6.07) is 21.9. The molecule has 0 atom stereocenters. The zero-order valence-corrected chi connectivity index (χ0v) is 17.7. The van der Waals surface area contributed by atoms with Crippen molar-refractivity contribution in [1.29, 1.82) is 0 Å². The average Bonchev–Trinajstić information content (AvgIpc) is 2.70. The maximum absolute atomic E-state index is 12.2. The third kappa shape index (κ3) is 6.82. The molecule has 0 aliphatic rings. The van der Waals surface area contributed by atoms with E-state index in [0.717, 1.165) is 10.5 Å². The van der Waals surface area contributed by atoms with Gasteiger partial charge in [0.15, 0.2) is 0 Å². The van der Waals surface area contributed by atoms with Gasteiger partial charge in [0.2, 0.25) is 11.8 Å². The molecule has 4 nitrogen and oxygen atoms in total. The summed E-state index contributed by atoms with van der Waals surface area (Å²) in [4.78, 5) is 25.3. The molecule has 0 unspecified atom stereocenters. The van der Waals surface area contributed by atoms with Gasteiger partial charge in [0.05, 0.1) is 22.2 Å². The van der Waals surface area contributed by atoms with E-state index in [2.05, 4.69) is 10.6 Å². The summed E-state index contributed by atoms with van der Waals surface area (Å²) in [7, 11) is 0. The van der Waals surface area contributed by atoms with E-state index in [1.54, 1.807) is 18.2 Å². The predicted molar refractivity (Wildman–Crippen MR) is 121 cm³/mol. The third-order valence-corrected chi connectivity index (χ3v) is 5.63. The quantitative estimate of drug-likeness (QED) is 0.445. The minimum Gasteiger partial charge on any atom is -0.326 e. The topological polar surface area (TPSA) is 58.2 Å². The van der Waals surface area contributed by atoms with E-state index in [4.69, 9.17) is 23.2 Å². The van der Waals surface area contributed by atoms with Gasteiger partial charge < -0.3 is 10.6 Å². The van der Waals surface area contributed by atoms with Crippen LogP contribution in [0.15, 0.2) is 77.7 Å².